The van der Waals surface area contributed by atoms with Gasteiger partial charge < -0.3 is 19.4 Å². The van der Waals surface area contributed by atoms with Crippen molar-refractivity contribution in [1.82, 2.24) is 9.88 Å². The zero-order chi connectivity index (χ0) is 16.3. The Labute approximate surface area is 128 Å². The van der Waals surface area contributed by atoms with Crippen LogP contribution in [0.15, 0.2) is 35.1 Å². The van der Waals surface area contributed by atoms with Crippen molar-refractivity contribution in [3.63, 3.8) is 0 Å². The van der Waals surface area contributed by atoms with Gasteiger partial charge >= 0.3 is 0 Å². The van der Waals surface area contributed by atoms with E-state index in [9.17, 15) is 14.7 Å². The summed E-state index contributed by atoms with van der Waals surface area (Å²) >= 11 is 0. The van der Waals surface area contributed by atoms with E-state index in [-0.39, 0.29) is 17.7 Å². The van der Waals surface area contributed by atoms with Crippen LogP contribution in [-0.4, -0.2) is 27.4 Å². The fourth-order valence-electron chi connectivity index (χ4n) is 2.27. The van der Waals surface area contributed by atoms with E-state index >= 15 is 0 Å². The lowest BCUT2D eigenvalue weighted by Gasteiger charge is -2.16. The molecule has 0 saturated heterocycles. The first-order valence-electron chi connectivity index (χ1n) is 7.08. The molecule has 2 rings (SSSR count). The molecule has 2 unspecified atom stereocenters. The van der Waals surface area contributed by atoms with Gasteiger partial charge in [0.2, 0.25) is 0 Å². The number of rotatable bonds is 6. The number of aryl methyl sites for hydroxylation is 1. The summed E-state index contributed by atoms with van der Waals surface area (Å²) in [5.74, 6) is 0.101. The minimum absolute atomic E-state index is 0.0871. The van der Waals surface area contributed by atoms with Gasteiger partial charge in [-0.1, -0.05) is 0 Å². The van der Waals surface area contributed by atoms with E-state index in [4.69, 9.17) is 4.42 Å². The quantitative estimate of drug-likeness (QED) is 0.800. The van der Waals surface area contributed by atoms with Crippen molar-refractivity contribution >= 4 is 11.7 Å². The van der Waals surface area contributed by atoms with Crippen molar-refractivity contribution in [2.75, 3.05) is 0 Å². The summed E-state index contributed by atoms with van der Waals surface area (Å²) in [7, 11) is 1.71. The van der Waals surface area contributed by atoms with Crippen LogP contribution in [0.1, 0.15) is 53.0 Å². The number of Topliss-reactive ketones (excluding diaryl/α,β-unsaturated/α-hetero) is 1. The summed E-state index contributed by atoms with van der Waals surface area (Å²) in [6.07, 6.45) is 2.68. The Hall–Kier alpha value is -2.34. The minimum atomic E-state index is -0.772. The van der Waals surface area contributed by atoms with Crippen LogP contribution in [0.25, 0.3) is 0 Å². The number of aliphatic hydroxyl groups excluding tert-OH is 1. The molecule has 0 fully saturated rings. The van der Waals surface area contributed by atoms with Crippen molar-refractivity contribution in [2.24, 2.45) is 7.05 Å². The second kappa shape index (κ2) is 6.62. The van der Waals surface area contributed by atoms with Crippen molar-refractivity contribution in [3.05, 3.63) is 47.7 Å². The highest BCUT2D eigenvalue weighted by Crippen LogP contribution is 2.18. The van der Waals surface area contributed by atoms with Crippen molar-refractivity contribution in [1.29, 1.82) is 0 Å². The molecule has 2 atom stereocenters. The average Bonchev–Trinajstić information content (AvgIpc) is 3.07. The Morgan fingerprint density at radius 2 is 2.18 bits per heavy atom. The SMILES string of the molecule is CC(=O)c1cc(C(=O)NC(C)CC(O)c2ccco2)n(C)c1. The predicted octanol–water partition coefficient (Wildman–Crippen LogP) is 2.06. The third kappa shape index (κ3) is 3.65. The molecule has 6 heteroatoms. The minimum Gasteiger partial charge on any atom is -0.467 e. The maximum Gasteiger partial charge on any atom is 0.268 e. The molecule has 0 aliphatic carbocycles. The van der Waals surface area contributed by atoms with Gasteiger partial charge in [-0.25, -0.2) is 0 Å². The molecule has 22 heavy (non-hydrogen) atoms. The summed E-state index contributed by atoms with van der Waals surface area (Å²) < 4.78 is 6.74. The van der Waals surface area contributed by atoms with E-state index in [1.165, 1.54) is 13.2 Å². The Balaban J connectivity index is 1.98. The number of carbonyl (C=O) groups is 2. The number of ketones is 1. The second-order valence-corrected chi connectivity index (χ2v) is 5.42. The maximum absolute atomic E-state index is 12.2. The lowest BCUT2D eigenvalue weighted by atomic mass is 10.1. The number of amides is 1. The highest BCUT2D eigenvalue weighted by Gasteiger charge is 2.19. The summed E-state index contributed by atoms with van der Waals surface area (Å²) in [5.41, 5.74) is 0.903. The molecule has 6 nitrogen and oxygen atoms in total. The van der Waals surface area contributed by atoms with E-state index in [2.05, 4.69) is 5.32 Å². The molecular weight excluding hydrogens is 284 g/mol. The Kier molecular flexibility index (Phi) is 4.82. The molecule has 2 aromatic rings. The van der Waals surface area contributed by atoms with E-state index in [1.807, 2.05) is 0 Å². The number of furan rings is 1. The van der Waals surface area contributed by atoms with Crippen LogP contribution in [0, 0.1) is 0 Å². The maximum atomic E-state index is 12.2. The smallest absolute Gasteiger partial charge is 0.268 e. The largest absolute Gasteiger partial charge is 0.467 e. The van der Waals surface area contributed by atoms with Gasteiger partial charge in [-0.3, -0.25) is 9.59 Å². The van der Waals surface area contributed by atoms with Gasteiger partial charge in [-0.2, -0.15) is 0 Å². The van der Waals surface area contributed by atoms with E-state index in [1.54, 1.807) is 42.9 Å². The van der Waals surface area contributed by atoms with Crippen molar-refractivity contribution < 1.29 is 19.1 Å². The molecule has 2 N–H and O–H groups in total. The Bertz CT molecular complexity index is 658. The Morgan fingerprint density at radius 3 is 2.73 bits per heavy atom. The standard InChI is InChI=1S/C16H20N2O4/c1-10(7-14(20)15-5-4-6-22-15)17-16(21)13-8-12(11(2)19)9-18(13)3/h4-6,8-10,14,20H,7H2,1-3H3,(H,17,21). The summed E-state index contributed by atoms with van der Waals surface area (Å²) in [5, 5.41) is 12.8. The van der Waals surface area contributed by atoms with Crippen LogP contribution in [-0.2, 0) is 7.05 Å². The summed E-state index contributed by atoms with van der Waals surface area (Å²) in [6.45, 7) is 3.26. The average molecular weight is 304 g/mol. The molecule has 0 aliphatic heterocycles. The number of aliphatic hydroxyl groups is 1. The number of hydrogen-bond donors (Lipinski definition) is 2. The molecule has 2 heterocycles. The van der Waals surface area contributed by atoms with Crippen LogP contribution in [0.5, 0.6) is 0 Å². The number of carbonyl (C=O) groups excluding carboxylic acids is 2. The van der Waals surface area contributed by atoms with Crippen LogP contribution in [0.4, 0.5) is 0 Å². The van der Waals surface area contributed by atoms with E-state index < -0.39 is 6.10 Å². The molecule has 0 aromatic carbocycles. The zero-order valence-corrected chi connectivity index (χ0v) is 12.9. The van der Waals surface area contributed by atoms with Gasteiger partial charge in [-0.05, 0) is 32.0 Å². The summed E-state index contributed by atoms with van der Waals surface area (Å²) in [4.78, 5) is 23.6. The first-order chi connectivity index (χ1) is 10.4. The molecule has 2 aromatic heterocycles. The second-order valence-electron chi connectivity index (χ2n) is 5.42. The molecule has 0 radical (unpaired) electrons. The number of nitrogens with one attached hydrogen (secondary N) is 1. The number of aromatic nitrogens is 1. The molecule has 1 amide bonds. The number of nitrogens with zero attached hydrogens (tertiary/aromatic N) is 1. The fraction of sp³-hybridized carbons (Fsp3) is 0.375. The van der Waals surface area contributed by atoms with Gasteiger partial charge in [0, 0.05) is 31.3 Å². The third-order valence-corrected chi connectivity index (χ3v) is 3.47. The lowest BCUT2D eigenvalue weighted by Crippen LogP contribution is -2.34. The normalized spacial score (nSPS) is 13.6. The van der Waals surface area contributed by atoms with Crippen LogP contribution in [0.3, 0.4) is 0 Å². The first kappa shape index (κ1) is 16.0. The predicted molar refractivity (Wildman–Crippen MR) is 80.6 cm³/mol. The monoisotopic (exact) mass is 304 g/mol. The topological polar surface area (TPSA) is 84.5 Å². The van der Waals surface area contributed by atoms with Gasteiger partial charge in [0.15, 0.2) is 5.78 Å². The lowest BCUT2D eigenvalue weighted by molar-refractivity contribution is 0.0895. The van der Waals surface area contributed by atoms with E-state index in [0.29, 0.717) is 23.4 Å². The molecular formula is C16H20N2O4. The van der Waals surface area contributed by atoms with Crippen LogP contribution in [0.2, 0.25) is 0 Å². The molecule has 118 valence electrons. The molecule has 0 spiro atoms. The van der Waals surface area contributed by atoms with Gasteiger partial charge in [-0.15, -0.1) is 0 Å². The van der Waals surface area contributed by atoms with Crippen LogP contribution < -0.4 is 5.32 Å². The highest BCUT2D eigenvalue weighted by atomic mass is 16.4. The van der Waals surface area contributed by atoms with Gasteiger partial charge in [0.1, 0.15) is 17.6 Å². The van der Waals surface area contributed by atoms with E-state index in [0.717, 1.165) is 0 Å². The Morgan fingerprint density at radius 1 is 1.45 bits per heavy atom. The molecule has 0 saturated carbocycles. The number of hydrogen-bond acceptors (Lipinski definition) is 4. The first-order valence-corrected chi connectivity index (χ1v) is 7.08. The highest BCUT2D eigenvalue weighted by molar-refractivity contribution is 5.99. The van der Waals surface area contributed by atoms with Crippen molar-refractivity contribution in [2.45, 2.75) is 32.4 Å². The fourth-order valence-corrected chi connectivity index (χ4v) is 2.27. The molecule has 0 bridgehead atoms. The third-order valence-electron chi connectivity index (χ3n) is 3.47. The zero-order valence-electron chi connectivity index (χ0n) is 12.9. The van der Waals surface area contributed by atoms with Crippen LogP contribution >= 0.6 is 0 Å². The van der Waals surface area contributed by atoms with Crippen molar-refractivity contribution in [3.8, 4) is 0 Å². The molecule has 0 aliphatic rings. The van der Waals surface area contributed by atoms with Gasteiger partial charge in [0.25, 0.3) is 5.91 Å². The summed E-state index contributed by atoms with van der Waals surface area (Å²) in [6, 6.07) is 4.71. The van der Waals surface area contributed by atoms with Gasteiger partial charge in [0.05, 0.1) is 6.26 Å².